The zero-order chi connectivity index (χ0) is 43.6. The molecule has 0 bridgehead atoms. The molecule has 1 aromatic rings. The molecule has 9 heteroatoms. The summed E-state index contributed by atoms with van der Waals surface area (Å²) in [7, 11) is -5.02. The zero-order valence-electron chi connectivity index (χ0n) is 39.7. The van der Waals surface area contributed by atoms with Crippen LogP contribution in [0.5, 0.6) is 0 Å². The van der Waals surface area contributed by atoms with E-state index < -0.39 is 32.5 Å². The molecule has 0 radical (unpaired) electrons. The third-order valence-electron chi connectivity index (χ3n) is 11.5. The van der Waals surface area contributed by atoms with Gasteiger partial charge in [-0.3, -0.25) is 0 Å². The molecule has 0 saturated carbocycles. The van der Waals surface area contributed by atoms with Gasteiger partial charge in [-0.2, -0.15) is 0 Å². The number of allylic oxidation sites excluding steroid dienone is 4. The van der Waals surface area contributed by atoms with E-state index >= 15 is 0 Å². The van der Waals surface area contributed by atoms with Gasteiger partial charge < -0.3 is 14.0 Å². The van der Waals surface area contributed by atoms with Crippen LogP contribution in [0.3, 0.4) is 0 Å². The number of unbranched alkanes of at least 4 members (excludes halogenated alkanes) is 32. The minimum Gasteiger partial charge on any atom is -0.744 e. The first kappa shape index (κ1) is 60.2. The van der Waals surface area contributed by atoms with Gasteiger partial charge in [0.1, 0.15) is 10.1 Å². The van der Waals surface area contributed by atoms with Crippen molar-refractivity contribution in [3.63, 3.8) is 0 Å². The number of carbonyl (C=O) groups is 2. The Balaban J connectivity index is 0.0000360. The van der Waals surface area contributed by atoms with Gasteiger partial charge >= 0.3 is 63.3 Å². The van der Waals surface area contributed by atoms with E-state index in [1.54, 1.807) is 0 Å². The molecular formula is C52H89KO7S. The number of esters is 2. The molecule has 1 aromatic carbocycles. The maximum absolute atomic E-state index is 13.1. The van der Waals surface area contributed by atoms with Crippen LogP contribution in [0.2, 0.25) is 0 Å². The van der Waals surface area contributed by atoms with Gasteiger partial charge in [0.25, 0.3) is 0 Å². The fraction of sp³-hybridized carbons (Fsp3) is 0.769. The molecule has 0 spiro atoms. The number of benzene rings is 1. The van der Waals surface area contributed by atoms with E-state index in [1.807, 2.05) is 0 Å². The summed E-state index contributed by atoms with van der Waals surface area (Å²) in [6.45, 7) is 4.73. The number of hydrogen-bond acceptors (Lipinski definition) is 7. The average Bonchev–Trinajstić information content (AvgIpc) is 3.24. The second kappa shape index (κ2) is 44.4. The number of hydrogen-bond donors (Lipinski definition) is 0. The maximum Gasteiger partial charge on any atom is 1.00 e. The Kier molecular flexibility index (Phi) is 43.8. The Morgan fingerprint density at radius 3 is 1.08 bits per heavy atom. The van der Waals surface area contributed by atoms with E-state index in [0.717, 1.165) is 44.6 Å². The summed E-state index contributed by atoms with van der Waals surface area (Å²) in [4.78, 5) is 25.3. The van der Waals surface area contributed by atoms with Gasteiger partial charge in [-0.05, 0) is 63.5 Å². The van der Waals surface area contributed by atoms with Crippen LogP contribution in [0.15, 0.2) is 47.4 Å². The second-order valence-corrected chi connectivity index (χ2v) is 18.5. The van der Waals surface area contributed by atoms with Crippen molar-refractivity contribution in [2.45, 2.75) is 250 Å². The molecule has 0 heterocycles. The van der Waals surface area contributed by atoms with Crippen LogP contribution >= 0.6 is 0 Å². The van der Waals surface area contributed by atoms with Gasteiger partial charge in [0.15, 0.2) is 0 Å². The van der Waals surface area contributed by atoms with E-state index in [2.05, 4.69) is 38.2 Å². The van der Waals surface area contributed by atoms with Gasteiger partial charge in [0.05, 0.1) is 29.2 Å². The van der Waals surface area contributed by atoms with E-state index in [4.69, 9.17) is 9.47 Å². The smallest absolute Gasteiger partial charge is 0.744 e. The predicted molar refractivity (Wildman–Crippen MR) is 251 cm³/mol. The molecule has 0 aliphatic carbocycles. The molecule has 0 fully saturated rings. The van der Waals surface area contributed by atoms with E-state index in [1.165, 1.54) is 192 Å². The maximum atomic E-state index is 13.1. The van der Waals surface area contributed by atoms with Crippen LogP contribution in [-0.4, -0.2) is 38.1 Å². The first-order valence-corrected chi connectivity index (χ1v) is 26.5. The first-order chi connectivity index (χ1) is 29.3. The third-order valence-corrected chi connectivity index (χ3v) is 12.4. The molecule has 0 atom stereocenters. The van der Waals surface area contributed by atoms with Crippen LogP contribution in [0, 0.1) is 0 Å². The van der Waals surface area contributed by atoms with Gasteiger partial charge in [0.2, 0.25) is 0 Å². The minimum atomic E-state index is -5.02. The number of rotatable bonds is 43. The first-order valence-electron chi connectivity index (χ1n) is 25.1. The second-order valence-electron chi connectivity index (χ2n) is 17.1. The Morgan fingerprint density at radius 1 is 0.459 bits per heavy atom. The summed E-state index contributed by atoms with van der Waals surface area (Å²) < 4.78 is 46.9. The quantitative estimate of drug-likeness (QED) is 0.0211. The zero-order valence-corrected chi connectivity index (χ0v) is 43.6. The average molecular weight is 897 g/mol. The monoisotopic (exact) mass is 897 g/mol. The summed E-state index contributed by atoms with van der Waals surface area (Å²) in [5, 5.41) is 0. The van der Waals surface area contributed by atoms with Gasteiger partial charge in [-0.25, -0.2) is 18.0 Å². The predicted octanol–water partition coefficient (Wildman–Crippen LogP) is 13.1. The van der Waals surface area contributed by atoms with Crippen molar-refractivity contribution in [1.29, 1.82) is 0 Å². The third kappa shape index (κ3) is 36.1. The van der Waals surface area contributed by atoms with Crippen molar-refractivity contribution in [2.24, 2.45) is 0 Å². The van der Waals surface area contributed by atoms with Crippen LogP contribution < -0.4 is 51.4 Å². The normalized spacial score (nSPS) is 11.7. The number of ether oxygens (including phenoxy) is 2. The molecule has 0 aromatic heterocycles. The van der Waals surface area contributed by atoms with Gasteiger partial charge in [-0.15, -0.1) is 0 Å². The molecule has 346 valence electrons. The molecule has 0 unspecified atom stereocenters. The van der Waals surface area contributed by atoms with E-state index in [9.17, 15) is 22.6 Å². The van der Waals surface area contributed by atoms with Crippen LogP contribution in [0.1, 0.15) is 266 Å². The Morgan fingerprint density at radius 2 is 0.754 bits per heavy atom. The molecule has 0 amide bonds. The molecule has 0 aliphatic heterocycles. The van der Waals surface area contributed by atoms with Gasteiger partial charge in [-0.1, -0.05) is 224 Å². The van der Waals surface area contributed by atoms with Gasteiger partial charge in [0, 0.05) is 0 Å². The fourth-order valence-corrected chi connectivity index (χ4v) is 8.37. The molecular weight excluding hydrogens is 808 g/mol. The molecule has 1 rings (SSSR count). The summed E-state index contributed by atoms with van der Waals surface area (Å²) in [5.74, 6) is -1.80. The van der Waals surface area contributed by atoms with E-state index in [0.29, 0.717) is 12.8 Å². The standard InChI is InChI=1S/C52H90O7S.K/c1-3-5-7-9-11-13-15-17-19-21-23-25-27-29-31-33-35-37-39-41-46-58-51(53)48-44-43-45-49(60(55,56)57)50(48)52(54)59-47-42-40-38-36-34-32-30-28-26-24-22-20-18-16-14-12-10-8-6-4-2;/h9-12,43-45H,3-8,13-42,46-47H2,1-2H3,(H,55,56,57);/q;+1/p-1/b11-9+,12-10+;. The molecule has 0 N–H and O–H groups in total. The summed E-state index contributed by atoms with van der Waals surface area (Å²) in [5.41, 5.74) is -0.770. The summed E-state index contributed by atoms with van der Waals surface area (Å²) in [6.07, 6.45) is 53.2. The van der Waals surface area contributed by atoms with Crippen LogP contribution in [0.25, 0.3) is 0 Å². The minimum absolute atomic E-state index is 0. The molecule has 61 heavy (non-hydrogen) atoms. The van der Waals surface area contributed by atoms with Crippen molar-refractivity contribution in [3.05, 3.63) is 53.6 Å². The van der Waals surface area contributed by atoms with Crippen molar-refractivity contribution in [1.82, 2.24) is 0 Å². The van der Waals surface area contributed by atoms with Crippen molar-refractivity contribution in [2.75, 3.05) is 13.2 Å². The topological polar surface area (TPSA) is 110 Å². The van der Waals surface area contributed by atoms with Crippen molar-refractivity contribution >= 4 is 22.1 Å². The summed E-state index contributed by atoms with van der Waals surface area (Å²) in [6, 6.07) is 3.65. The van der Waals surface area contributed by atoms with Crippen molar-refractivity contribution < 1.29 is 83.4 Å². The Bertz CT molecular complexity index is 1340. The Labute approximate surface area is 418 Å². The summed E-state index contributed by atoms with van der Waals surface area (Å²) >= 11 is 0. The van der Waals surface area contributed by atoms with E-state index in [-0.39, 0.29) is 70.2 Å². The fourth-order valence-electron chi connectivity index (χ4n) is 7.69. The Hall–Kier alpha value is -0.814. The molecule has 7 nitrogen and oxygen atoms in total. The van der Waals surface area contributed by atoms with Crippen molar-refractivity contribution in [3.8, 4) is 0 Å². The van der Waals surface area contributed by atoms with Crippen LogP contribution in [-0.2, 0) is 19.6 Å². The molecule has 0 saturated heterocycles. The largest absolute Gasteiger partial charge is 1.00 e. The number of carbonyl (C=O) groups excluding carboxylic acids is 2. The molecule has 0 aliphatic rings. The van der Waals surface area contributed by atoms with Crippen LogP contribution in [0.4, 0.5) is 0 Å². The SMILES string of the molecule is CCCC/C=C/CCCCCCCCCCCCCCCCOC(=O)c1cccc(S(=O)(=O)[O-])c1C(=O)OCCCCCCCCCCCCCCCC/C=C/CCCC.[K+].